The van der Waals surface area contributed by atoms with Crippen LogP contribution in [-0.4, -0.2) is 77.5 Å². The van der Waals surface area contributed by atoms with Gasteiger partial charge in [-0.15, -0.1) is 0 Å². The minimum atomic E-state index is -0.486. The van der Waals surface area contributed by atoms with Gasteiger partial charge in [0.05, 0.1) is 33.0 Å². The number of hydrogen-bond acceptors (Lipinski definition) is 7. The van der Waals surface area contributed by atoms with Crippen molar-refractivity contribution in [2.24, 2.45) is 5.73 Å². The molecule has 0 fully saturated rings. The molecule has 56 heavy (non-hydrogen) atoms. The number of hydrogen-bond donors (Lipinski definition) is 2. The van der Waals surface area contributed by atoms with E-state index in [1.165, 1.54) is 193 Å². The molecule has 334 valence electrons. The first-order chi connectivity index (χ1) is 27.6. The summed E-state index contributed by atoms with van der Waals surface area (Å²) in [5, 5.41) is 2.72. The molecule has 0 aliphatic carbocycles. The fraction of sp³-hybridized carbons (Fsp3) is 0.957. The van der Waals surface area contributed by atoms with Crippen molar-refractivity contribution >= 4 is 12.0 Å². The van der Waals surface area contributed by atoms with Gasteiger partial charge in [0.1, 0.15) is 12.7 Å². The monoisotopic (exact) mass is 799 g/mol. The average molecular weight is 799 g/mol. The van der Waals surface area contributed by atoms with Gasteiger partial charge in [-0.05, 0) is 12.8 Å². The van der Waals surface area contributed by atoms with Crippen molar-refractivity contribution in [2.75, 3.05) is 59.4 Å². The Kier molecular flexibility index (Phi) is 46.7. The van der Waals surface area contributed by atoms with Crippen LogP contribution in [0.4, 0.5) is 4.79 Å². The Balaban J connectivity index is 4.04. The zero-order chi connectivity index (χ0) is 40.7. The molecule has 0 bridgehead atoms. The number of ether oxygens (including phenoxy) is 5. The van der Waals surface area contributed by atoms with Crippen LogP contribution in [0.2, 0.25) is 0 Å². The lowest BCUT2D eigenvalue weighted by Gasteiger charge is -2.18. The van der Waals surface area contributed by atoms with Crippen molar-refractivity contribution in [1.29, 1.82) is 0 Å². The molecule has 2 amide bonds. The molecule has 9 heteroatoms. The highest BCUT2D eigenvalue weighted by Gasteiger charge is 2.13. The molecule has 0 saturated carbocycles. The van der Waals surface area contributed by atoms with Crippen LogP contribution in [0.25, 0.3) is 0 Å². The van der Waals surface area contributed by atoms with Crippen LogP contribution in [0.3, 0.4) is 0 Å². The number of nitrogens with two attached hydrogens (primary N) is 1. The summed E-state index contributed by atoms with van der Waals surface area (Å²) >= 11 is 0. The Morgan fingerprint density at radius 1 is 0.429 bits per heavy atom. The van der Waals surface area contributed by atoms with Crippen molar-refractivity contribution < 1.29 is 33.3 Å². The highest BCUT2D eigenvalue weighted by atomic mass is 16.6. The molecule has 1 atom stereocenters. The molecule has 0 spiro atoms. The molecular weight excluding hydrogens is 705 g/mol. The third kappa shape index (κ3) is 47.0. The largest absolute Gasteiger partial charge is 0.447 e. The molecule has 0 radical (unpaired) electrons. The number of amides is 2. The Hall–Kier alpha value is -1.42. The Bertz CT molecular complexity index is 788. The molecule has 0 aliphatic rings. The van der Waals surface area contributed by atoms with Crippen LogP contribution in [0, 0.1) is 0 Å². The molecule has 9 nitrogen and oxygen atoms in total. The second kappa shape index (κ2) is 48.0. The van der Waals surface area contributed by atoms with E-state index < -0.39 is 6.09 Å². The topological polar surface area (TPSA) is 118 Å². The van der Waals surface area contributed by atoms with Gasteiger partial charge in [0, 0.05) is 26.2 Å². The lowest BCUT2D eigenvalue weighted by atomic mass is 10.0. The minimum Gasteiger partial charge on any atom is -0.447 e. The summed E-state index contributed by atoms with van der Waals surface area (Å²) in [6.07, 6.45) is 42.6. The van der Waals surface area contributed by atoms with E-state index in [9.17, 15) is 9.59 Å². The van der Waals surface area contributed by atoms with Crippen molar-refractivity contribution in [3.8, 4) is 0 Å². The third-order valence-corrected chi connectivity index (χ3v) is 10.6. The normalized spacial score (nSPS) is 12.0. The van der Waals surface area contributed by atoms with Crippen molar-refractivity contribution in [3.63, 3.8) is 0 Å². The van der Waals surface area contributed by atoms with E-state index >= 15 is 0 Å². The molecule has 0 aromatic rings. The van der Waals surface area contributed by atoms with Crippen molar-refractivity contribution in [3.05, 3.63) is 0 Å². The maximum atomic E-state index is 12.3. The van der Waals surface area contributed by atoms with Gasteiger partial charge in [0.2, 0.25) is 5.91 Å². The van der Waals surface area contributed by atoms with Crippen LogP contribution in [0.15, 0.2) is 0 Å². The summed E-state index contributed by atoms with van der Waals surface area (Å²) in [7, 11) is 0. The van der Waals surface area contributed by atoms with Gasteiger partial charge < -0.3 is 34.7 Å². The molecular formula is C47H94N2O7. The van der Waals surface area contributed by atoms with E-state index in [2.05, 4.69) is 19.2 Å². The minimum absolute atomic E-state index is 0.165. The number of carbonyl (C=O) groups is 2. The fourth-order valence-electron chi connectivity index (χ4n) is 6.95. The summed E-state index contributed by atoms with van der Waals surface area (Å²) in [6, 6.07) is 0. The fourth-order valence-corrected chi connectivity index (χ4v) is 6.95. The van der Waals surface area contributed by atoms with E-state index in [0.717, 1.165) is 12.8 Å². The van der Waals surface area contributed by atoms with Gasteiger partial charge in [0.15, 0.2) is 0 Å². The maximum Gasteiger partial charge on any atom is 0.407 e. The smallest absolute Gasteiger partial charge is 0.407 e. The number of carbonyl (C=O) groups excluding carboxylic acids is 2. The molecule has 3 N–H and O–H groups in total. The number of unbranched alkanes of at least 4 members (excludes halogenated alkanes) is 30. The quantitative estimate of drug-likeness (QED) is 0.0588. The number of primary amides is 1. The molecule has 0 aliphatic heterocycles. The van der Waals surface area contributed by atoms with Gasteiger partial charge in [-0.2, -0.15) is 0 Å². The summed E-state index contributed by atoms with van der Waals surface area (Å²) in [5.41, 5.74) is 5.09. The molecule has 0 aromatic carbocycles. The molecule has 0 saturated heterocycles. The zero-order valence-electron chi connectivity index (χ0n) is 37.2. The van der Waals surface area contributed by atoms with Crippen molar-refractivity contribution in [1.82, 2.24) is 5.32 Å². The molecule has 1 unspecified atom stereocenters. The first-order valence-electron chi connectivity index (χ1n) is 24.1. The van der Waals surface area contributed by atoms with Gasteiger partial charge in [-0.25, -0.2) is 4.79 Å². The predicted octanol–water partition coefficient (Wildman–Crippen LogP) is 12.5. The van der Waals surface area contributed by atoms with Gasteiger partial charge in [0.25, 0.3) is 0 Å². The van der Waals surface area contributed by atoms with Gasteiger partial charge >= 0.3 is 6.09 Å². The predicted molar refractivity (Wildman–Crippen MR) is 234 cm³/mol. The van der Waals surface area contributed by atoms with Crippen LogP contribution in [-0.2, 0) is 28.5 Å². The van der Waals surface area contributed by atoms with E-state index in [0.29, 0.717) is 46.2 Å². The van der Waals surface area contributed by atoms with E-state index in [4.69, 9.17) is 29.4 Å². The summed E-state index contributed by atoms with van der Waals surface area (Å²) in [5.74, 6) is -0.386. The summed E-state index contributed by atoms with van der Waals surface area (Å²) in [6.45, 7) is 8.25. The standard InChI is InChI=1S/C47H94N2O7/c1-3-5-7-9-11-13-15-17-19-21-23-25-27-29-31-33-37-54-43-45(44-56-47(51)49-36-40-53-42-41-52-39-35-46(48)50)55-38-34-32-30-28-26-24-22-20-18-16-14-12-10-8-6-4-2/h45H,3-44H2,1-2H3,(H2,48,50)(H,49,51). The Labute approximate surface area is 346 Å². The molecule has 0 heterocycles. The third-order valence-electron chi connectivity index (χ3n) is 10.6. The molecule has 0 rings (SSSR count). The number of nitrogens with one attached hydrogen (secondary N) is 1. The highest BCUT2D eigenvalue weighted by molar-refractivity contribution is 5.73. The van der Waals surface area contributed by atoms with Crippen LogP contribution < -0.4 is 11.1 Å². The number of alkyl carbamates (subject to hydrolysis) is 1. The average Bonchev–Trinajstić information content (AvgIpc) is 3.19. The van der Waals surface area contributed by atoms with E-state index in [-0.39, 0.29) is 31.6 Å². The summed E-state index contributed by atoms with van der Waals surface area (Å²) < 4.78 is 28.4. The van der Waals surface area contributed by atoms with Crippen LogP contribution >= 0.6 is 0 Å². The lowest BCUT2D eigenvalue weighted by Crippen LogP contribution is -2.33. The highest BCUT2D eigenvalue weighted by Crippen LogP contribution is 2.15. The number of rotatable bonds is 48. The SMILES string of the molecule is CCCCCCCCCCCCCCCCCCOCC(COC(=O)NCCOCCOCCC(N)=O)OCCCCCCCCCCCCCCCCCC. The first kappa shape index (κ1) is 54.6. The zero-order valence-corrected chi connectivity index (χ0v) is 37.2. The Morgan fingerprint density at radius 2 is 0.804 bits per heavy atom. The second-order valence-corrected chi connectivity index (χ2v) is 16.1. The second-order valence-electron chi connectivity index (χ2n) is 16.1. The first-order valence-corrected chi connectivity index (χ1v) is 24.1. The maximum absolute atomic E-state index is 12.3. The summed E-state index contributed by atoms with van der Waals surface area (Å²) in [4.78, 5) is 23.0. The van der Waals surface area contributed by atoms with Gasteiger partial charge in [-0.1, -0.05) is 206 Å². The van der Waals surface area contributed by atoms with Crippen LogP contribution in [0.1, 0.15) is 226 Å². The van der Waals surface area contributed by atoms with Crippen molar-refractivity contribution in [2.45, 2.75) is 232 Å². The molecule has 0 aromatic heterocycles. The van der Waals surface area contributed by atoms with E-state index in [1.807, 2.05) is 0 Å². The van der Waals surface area contributed by atoms with Gasteiger partial charge in [-0.3, -0.25) is 4.79 Å². The van der Waals surface area contributed by atoms with E-state index in [1.54, 1.807) is 0 Å². The lowest BCUT2D eigenvalue weighted by molar-refractivity contribution is -0.119. The van der Waals surface area contributed by atoms with Crippen LogP contribution in [0.5, 0.6) is 0 Å². The Morgan fingerprint density at radius 3 is 1.21 bits per heavy atom.